The molecule has 2 aliphatic heterocycles. The lowest BCUT2D eigenvalue weighted by Crippen LogP contribution is -2.52. The van der Waals surface area contributed by atoms with Crippen LogP contribution in [0.4, 0.5) is 0 Å². The molecule has 1 fully saturated rings. The normalized spacial score (nSPS) is 19.1. The van der Waals surface area contributed by atoms with E-state index in [0.717, 1.165) is 55.4 Å². The van der Waals surface area contributed by atoms with Gasteiger partial charge in [-0.25, -0.2) is 0 Å². The minimum Gasteiger partial charge on any atom is -0.491 e. The number of hydrogen-bond donors (Lipinski definition) is 0. The Kier molecular flexibility index (Phi) is 7.91. The topological polar surface area (TPSA) is 49.9 Å². The lowest BCUT2D eigenvalue weighted by atomic mass is 9.73. The van der Waals surface area contributed by atoms with Crippen LogP contribution in [-0.4, -0.2) is 54.4 Å². The standard InChI is InChI=1S/C29H38N2O3/c1-3-30-20-21-34-26-14-7-6-11-24(26)12-8-9-15-29(28(30)33)16-18-31(19-17-29)27(32)22-25-13-5-4-10-23(25)2/h4-7,10-11,13-14H,3,8-9,12,15-22H2,1-2H3. The lowest BCUT2D eigenvalue weighted by Gasteiger charge is -2.43. The number of ether oxygens (including phenoxy) is 1. The predicted molar refractivity (Wildman–Crippen MR) is 135 cm³/mol. The second kappa shape index (κ2) is 11.1. The van der Waals surface area contributed by atoms with Gasteiger partial charge >= 0.3 is 0 Å². The van der Waals surface area contributed by atoms with Gasteiger partial charge in [-0.3, -0.25) is 9.59 Å². The summed E-state index contributed by atoms with van der Waals surface area (Å²) < 4.78 is 6.08. The SMILES string of the molecule is CCN1CCOc2ccccc2CCCCC2(CCN(C(=O)Cc3ccccc3C)CC2)C1=O. The van der Waals surface area contributed by atoms with Crippen LogP contribution in [0.3, 0.4) is 0 Å². The monoisotopic (exact) mass is 462 g/mol. The Balaban J connectivity index is 1.44. The minimum atomic E-state index is -0.367. The molecule has 0 N–H and O–H groups in total. The maximum atomic E-state index is 13.8. The number of para-hydroxylation sites is 1. The molecule has 5 heteroatoms. The van der Waals surface area contributed by atoms with Gasteiger partial charge in [-0.15, -0.1) is 0 Å². The summed E-state index contributed by atoms with van der Waals surface area (Å²) in [4.78, 5) is 30.8. The second-order valence-electron chi connectivity index (χ2n) is 9.81. The van der Waals surface area contributed by atoms with Crippen molar-refractivity contribution in [1.82, 2.24) is 9.80 Å². The smallest absolute Gasteiger partial charge is 0.229 e. The van der Waals surface area contributed by atoms with E-state index >= 15 is 0 Å². The molecule has 0 saturated carbocycles. The summed E-state index contributed by atoms with van der Waals surface area (Å²) in [5.74, 6) is 1.36. The number of nitrogens with zero attached hydrogens (tertiary/aromatic N) is 2. The number of carbonyl (C=O) groups excluding carboxylic acids is 2. The van der Waals surface area contributed by atoms with Crippen LogP contribution in [-0.2, 0) is 22.4 Å². The van der Waals surface area contributed by atoms with E-state index in [-0.39, 0.29) is 17.2 Å². The van der Waals surface area contributed by atoms with Gasteiger partial charge in [0, 0.05) is 19.6 Å². The summed E-state index contributed by atoms with van der Waals surface area (Å²) in [5.41, 5.74) is 3.13. The summed E-state index contributed by atoms with van der Waals surface area (Å²) in [6.45, 7) is 7.21. The summed E-state index contributed by atoms with van der Waals surface area (Å²) in [5, 5.41) is 0. The van der Waals surface area contributed by atoms with Crippen LogP contribution < -0.4 is 4.74 Å². The Morgan fingerprint density at radius 3 is 2.47 bits per heavy atom. The molecule has 1 spiro atoms. The van der Waals surface area contributed by atoms with Gasteiger partial charge in [0.25, 0.3) is 0 Å². The van der Waals surface area contributed by atoms with Crippen LogP contribution in [0, 0.1) is 12.3 Å². The van der Waals surface area contributed by atoms with Crippen molar-refractivity contribution in [1.29, 1.82) is 0 Å². The molecule has 0 aliphatic carbocycles. The van der Waals surface area contributed by atoms with Gasteiger partial charge < -0.3 is 14.5 Å². The third-order valence-electron chi connectivity index (χ3n) is 7.74. The number of fused-ring (bicyclic) bond motifs is 1. The van der Waals surface area contributed by atoms with Crippen LogP contribution in [0.1, 0.15) is 55.7 Å². The second-order valence-corrected chi connectivity index (χ2v) is 9.81. The highest BCUT2D eigenvalue weighted by molar-refractivity contribution is 5.84. The predicted octanol–water partition coefficient (Wildman–Crippen LogP) is 4.80. The number of likely N-dealkylation sites (tertiary alicyclic amines) is 1. The van der Waals surface area contributed by atoms with E-state index in [0.29, 0.717) is 39.2 Å². The van der Waals surface area contributed by atoms with Gasteiger partial charge in [0.15, 0.2) is 0 Å². The summed E-state index contributed by atoms with van der Waals surface area (Å²) in [6, 6.07) is 16.4. The summed E-state index contributed by atoms with van der Waals surface area (Å²) in [6.07, 6.45) is 5.85. The summed E-state index contributed by atoms with van der Waals surface area (Å²) >= 11 is 0. The van der Waals surface area contributed by atoms with Gasteiger partial charge in [0.1, 0.15) is 12.4 Å². The molecule has 2 aliphatic rings. The average Bonchev–Trinajstić information content (AvgIpc) is 2.86. The molecule has 2 aromatic rings. The first-order chi connectivity index (χ1) is 16.5. The molecule has 4 rings (SSSR count). The van der Waals surface area contributed by atoms with E-state index in [4.69, 9.17) is 4.74 Å². The number of likely N-dealkylation sites (N-methyl/N-ethyl adjacent to an activating group) is 1. The van der Waals surface area contributed by atoms with Gasteiger partial charge in [0.05, 0.1) is 18.4 Å². The number of carbonyl (C=O) groups is 2. The first-order valence-electron chi connectivity index (χ1n) is 12.8. The van der Waals surface area contributed by atoms with Gasteiger partial charge in [-0.05, 0) is 68.7 Å². The van der Waals surface area contributed by atoms with E-state index in [1.165, 1.54) is 5.56 Å². The van der Waals surface area contributed by atoms with Crippen molar-refractivity contribution in [2.45, 2.75) is 58.8 Å². The fourth-order valence-corrected chi connectivity index (χ4v) is 5.47. The van der Waals surface area contributed by atoms with Crippen molar-refractivity contribution in [3.05, 3.63) is 65.2 Å². The van der Waals surface area contributed by atoms with E-state index in [2.05, 4.69) is 25.1 Å². The maximum Gasteiger partial charge on any atom is 0.229 e. The van der Waals surface area contributed by atoms with Crippen LogP contribution in [0.25, 0.3) is 0 Å². The fraction of sp³-hybridized carbons (Fsp3) is 0.517. The van der Waals surface area contributed by atoms with Gasteiger partial charge in [0.2, 0.25) is 11.8 Å². The number of benzene rings is 2. The quantitative estimate of drug-likeness (QED) is 0.658. The van der Waals surface area contributed by atoms with Crippen molar-refractivity contribution >= 4 is 11.8 Å². The molecule has 0 aromatic heterocycles. The fourth-order valence-electron chi connectivity index (χ4n) is 5.47. The van der Waals surface area contributed by atoms with Crippen LogP contribution >= 0.6 is 0 Å². The minimum absolute atomic E-state index is 0.169. The molecular weight excluding hydrogens is 424 g/mol. The van der Waals surface area contributed by atoms with Crippen molar-refractivity contribution < 1.29 is 14.3 Å². The van der Waals surface area contributed by atoms with Crippen molar-refractivity contribution in [3.63, 3.8) is 0 Å². The molecule has 1 saturated heterocycles. The third-order valence-corrected chi connectivity index (χ3v) is 7.74. The molecule has 2 heterocycles. The molecule has 0 atom stereocenters. The number of piperidine rings is 1. The summed E-state index contributed by atoms with van der Waals surface area (Å²) in [7, 11) is 0. The average molecular weight is 463 g/mol. The van der Waals surface area contributed by atoms with Gasteiger partial charge in [-0.1, -0.05) is 48.9 Å². The Hall–Kier alpha value is -2.82. The zero-order valence-corrected chi connectivity index (χ0v) is 20.7. The van der Waals surface area contributed by atoms with Crippen molar-refractivity contribution in [2.24, 2.45) is 5.41 Å². The molecule has 0 radical (unpaired) electrons. The van der Waals surface area contributed by atoms with Crippen LogP contribution in [0.15, 0.2) is 48.5 Å². The third kappa shape index (κ3) is 5.45. The van der Waals surface area contributed by atoms with E-state index < -0.39 is 0 Å². The lowest BCUT2D eigenvalue weighted by molar-refractivity contribution is -0.149. The molecule has 34 heavy (non-hydrogen) atoms. The molecule has 5 nitrogen and oxygen atoms in total. The zero-order valence-electron chi connectivity index (χ0n) is 20.7. The Bertz CT molecular complexity index is 994. The molecular formula is C29H38N2O3. The first-order valence-corrected chi connectivity index (χ1v) is 12.8. The van der Waals surface area contributed by atoms with E-state index in [1.807, 2.05) is 47.1 Å². The number of hydrogen-bond acceptors (Lipinski definition) is 3. The molecule has 2 aromatic carbocycles. The zero-order chi connectivity index (χ0) is 24.0. The first kappa shape index (κ1) is 24.3. The molecule has 0 unspecified atom stereocenters. The highest BCUT2D eigenvalue weighted by Gasteiger charge is 2.43. The maximum absolute atomic E-state index is 13.8. The number of rotatable bonds is 3. The van der Waals surface area contributed by atoms with E-state index in [9.17, 15) is 9.59 Å². The van der Waals surface area contributed by atoms with E-state index in [1.54, 1.807) is 0 Å². The molecule has 2 amide bonds. The Labute approximate surface area is 204 Å². The molecule has 0 bridgehead atoms. The Morgan fingerprint density at radius 1 is 0.971 bits per heavy atom. The number of aryl methyl sites for hydroxylation is 2. The highest BCUT2D eigenvalue weighted by Crippen LogP contribution is 2.39. The molecule has 182 valence electrons. The van der Waals surface area contributed by atoms with Crippen molar-refractivity contribution in [2.75, 3.05) is 32.8 Å². The van der Waals surface area contributed by atoms with Crippen LogP contribution in [0.5, 0.6) is 5.75 Å². The Morgan fingerprint density at radius 2 is 1.71 bits per heavy atom. The highest BCUT2D eigenvalue weighted by atomic mass is 16.5. The van der Waals surface area contributed by atoms with Gasteiger partial charge in [-0.2, -0.15) is 0 Å². The van der Waals surface area contributed by atoms with Crippen LogP contribution in [0.2, 0.25) is 0 Å². The number of amides is 2. The van der Waals surface area contributed by atoms with Crippen molar-refractivity contribution in [3.8, 4) is 5.75 Å². The largest absolute Gasteiger partial charge is 0.491 e.